The van der Waals surface area contributed by atoms with E-state index in [1.165, 1.54) is 27.7 Å². The fourth-order valence-electron chi connectivity index (χ4n) is 2.31. The van der Waals surface area contributed by atoms with E-state index in [2.05, 4.69) is 43.5 Å². The van der Waals surface area contributed by atoms with Crippen LogP contribution in [0.15, 0.2) is 18.2 Å². The highest BCUT2D eigenvalue weighted by molar-refractivity contribution is 5.85. The van der Waals surface area contributed by atoms with Gasteiger partial charge in [-0.2, -0.15) is 0 Å². The average molecular weight is 202 g/mol. The van der Waals surface area contributed by atoms with Crippen LogP contribution in [-0.4, -0.2) is 4.57 Å². The Morgan fingerprint density at radius 3 is 2.53 bits per heavy atom. The molecular weight excluding hydrogens is 184 g/mol. The third-order valence-electron chi connectivity index (χ3n) is 2.98. The van der Waals surface area contributed by atoms with Crippen molar-refractivity contribution in [3.63, 3.8) is 0 Å². The molecule has 2 N–H and O–H groups in total. The first-order chi connectivity index (χ1) is 7.17. The first-order valence-corrected chi connectivity index (χ1v) is 5.46. The lowest BCUT2D eigenvalue weighted by Gasteiger charge is -2.06. The second-order valence-corrected chi connectivity index (χ2v) is 4.10. The smallest absolute Gasteiger partial charge is 0.0488 e. The van der Waals surface area contributed by atoms with Crippen LogP contribution in [0.25, 0.3) is 10.9 Å². The highest BCUT2D eigenvalue weighted by Gasteiger charge is 2.08. The minimum Gasteiger partial charge on any atom is -0.344 e. The van der Waals surface area contributed by atoms with Gasteiger partial charge in [-0.15, -0.1) is 0 Å². The molecule has 15 heavy (non-hydrogen) atoms. The van der Waals surface area contributed by atoms with Crippen LogP contribution in [0.5, 0.6) is 0 Å². The molecule has 0 aliphatic rings. The number of hydrogen-bond acceptors (Lipinski definition) is 1. The van der Waals surface area contributed by atoms with Crippen molar-refractivity contribution in [1.29, 1.82) is 0 Å². The van der Waals surface area contributed by atoms with Gasteiger partial charge in [0.25, 0.3) is 0 Å². The molecule has 0 aliphatic carbocycles. The molecular formula is C13H18N2. The molecule has 0 radical (unpaired) electrons. The molecule has 0 atom stereocenters. The summed E-state index contributed by atoms with van der Waals surface area (Å²) in [7, 11) is 0. The predicted molar refractivity (Wildman–Crippen MR) is 65.0 cm³/mol. The summed E-state index contributed by atoms with van der Waals surface area (Å²) >= 11 is 0. The molecule has 2 rings (SSSR count). The normalized spacial score (nSPS) is 11.2. The van der Waals surface area contributed by atoms with Gasteiger partial charge in [-0.05, 0) is 44.0 Å². The molecule has 0 bridgehead atoms. The van der Waals surface area contributed by atoms with Crippen molar-refractivity contribution in [3.05, 3.63) is 35.0 Å². The third-order valence-corrected chi connectivity index (χ3v) is 2.98. The van der Waals surface area contributed by atoms with Gasteiger partial charge in [0.05, 0.1) is 0 Å². The van der Waals surface area contributed by atoms with Crippen LogP contribution < -0.4 is 5.73 Å². The van der Waals surface area contributed by atoms with Gasteiger partial charge in [-0.1, -0.05) is 6.07 Å². The molecule has 0 saturated heterocycles. The number of hydrogen-bond donors (Lipinski definition) is 1. The van der Waals surface area contributed by atoms with E-state index in [0.29, 0.717) is 6.54 Å². The quantitative estimate of drug-likeness (QED) is 0.797. The third kappa shape index (κ3) is 1.55. The largest absolute Gasteiger partial charge is 0.344 e. The van der Waals surface area contributed by atoms with Crippen molar-refractivity contribution in [1.82, 2.24) is 4.57 Å². The van der Waals surface area contributed by atoms with Gasteiger partial charge in [0, 0.05) is 29.7 Å². The molecule has 80 valence electrons. The summed E-state index contributed by atoms with van der Waals surface area (Å²) in [6.45, 7) is 8.06. The van der Waals surface area contributed by atoms with Crippen molar-refractivity contribution in [3.8, 4) is 0 Å². The van der Waals surface area contributed by atoms with Gasteiger partial charge in [-0.25, -0.2) is 0 Å². The van der Waals surface area contributed by atoms with E-state index in [4.69, 9.17) is 5.73 Å². The Labute approximate surface area is 90.7 Å². The van der Waals surface area contributed by atoms with Crippen LogP contribution >= 0.6 is 0 Å². The lowest BCUT2D eigenvalue weighted by molar-refractivity contribution is 0.739. The Morgan fingerprint density at radius 2 is 1.93 bits per heavy atom. The van der Waals surface area contributed by atoms with E-state index >= 15 is 0 Å². The number of nitrogens with zero attached hydrogens (tertiary/aromatic N) is 1. The van der Waals surface area contributed by atoms with E-state index in [1.54, 1.807) is 0 Å². The molecule has 1 aromatic carbocycles. The van der Waals surface area contributed by atoms with E-state index < -0.39 is 0 Å². The van der Waals surface area contributed by atoms with Crippen LogP contribution in [0.2, 0.25) is 0 Å². The van der Waals surface area contributed by atoms with Crippen molar-refractivity contribution in [2.24, 2.45) is 5.73 Å². The summed E-state index contributed by atoms with van der Waals surface area (Å²) in [6, 6.07) is 6.68. The molecule has 0 unspecified atom stereocenters. The second-order valence-electron chi connectivity index (χ2n) is 4.10. The van der Waals surface area contributed by atoms with Crippen LogP contribution in [0.4, 0.5) is 0 Å². The molecule has 1 heterocycles. The second kappa shape index (κ2) is 3.70. The van der Waals surface area contributed by atoms with E-state index in [1.807, 2.05) is 0 Å². The number of nitrogens with two attached hydrogens (primary N) is 1. The van der Waals surface area contributed by atoms with E-state index in [0.717, 1.165) is 6.54 Å². The van der Waals surface area contributed by atoms with Gasteiger partial charge in [0.1, 0.15) is 0 Å². The molecule has 0 spiro atoms. The van der Waals surface area contributed by atoms with Gasteiger partial charge in [-0.3, -0.25) is 0 Å². The van der Waals surface area contributed by atoms with Crippen LogP contribution in [0.1, 0.15) is 23.7 Å². The Bertz CT molecular complexity index is 495. The molecule has 2 nitrogen and oxygen atoms in total. The standard InChI is InChI=1S/C13H18N2/c1-4-15-11(8-14)7-12-10(3)5-9(2)6-13(12)15/h5-7H,4,8,14H2,1-3H3. The first-order valence-electron chi connectivity index (χ1n) is 5.46. The van der Waals surface area contributed by atoms with Gasteiger partial charge < -0.3 is 10.3 Å². The monoisotopic (exact) mass is 202 g/mol. The fourth-order valence-corrected chi connectivity index (χ4v) is 2.31. The van der Waals surface area contributed by atoms with Gasteiger partial charge in [0.15, 0.2) is 0 Å². The molecule has 1 aromatic heterocycles. The lowest BCUT2D eigenvalue weighted by atomic mass is 10.1. The van der Waals surface area contributed by atoms with Crippen molar-refractivity contribution < 1.29 is 0 Å². The van der Waals surface area contributed by atoms with Crippen molar-refractivity contribution >= 4 is 10.9 Å². The summed E-state index contributed by atoms with van der Waals surface area (Å²) in [5.41, 5.74) is 11.0. The fraction of sp³-hybridized carbons (Fsp3) is 0.385. The Hall–Kier alpha value is -1.28. The number of fused-ring (bicyclic) bond motifs is 1. The molecule has 2 heteroatoms. The predicted octanol–water partition coefficient (Wildman–Crippen LogP) is 2.74. The maximum absolute atomic E-state index is 5.76. The average Bonchev–Trinajstić information content (AvgIpc) is 2.55. The zero-order chi connectivity index (χ0) is 11.0. The maximum Gasteiger partial charge on any atom is 0.0488 e. The topological polar surface area (TPSA) is 30.9 Å². The number of rotatable bonds is 2. The molecule has 0 amide bonds. The highest BCUT2D eigenvalue weighted by Crippen LogP contribution is 2.24. The molecule has 0 aliphatic heterocycles. The van der Waals surface area contributed by atoms with Crippen LogP contribution in [0, 0.1) is 13.8 Å². The molecule has 2 aromatic rings. The summed E-state index contributed by atoms with van der Waals surface area (Å²) in [5.74, 6) is 0. The number of aromatic nitrogens is 1. The van der Waals surface area contributed by atoms with Gasteiger partial charge >= 0.3 is 0 Å². The van der Waals surface area contributed by atoms with Gasteiger partial charge in [0.2, 0.25) is 0 Å². The van der Waals surface area contributed by atoms with Crippen molar-refractivity contribution in [2.75, 3.05) is 0 Å². The summed E-state index contributed by atoms with van der Waals surface area (Å²) in [5, 5.41) is 1.34. The van der Waals surface area contributed by atoms with E-state index in [9.17, 15) is 0 Å². The zero-order valence-corrected chi connectivity index (χ0v) is 9.67. The van der Waals surface area contributed by atoms with Crippen molar-refractivity contribution in [2.45, 2.75) is 33.9 Å². The summed E-state index contributed by atoms with van der Waals surface area (Å²) in [6.07, 6.45) is 0. The SMILES string of the molecule is CCn1c(CN)cc2c(C)cc(C)cc21. The molecule has 0 fully saturated rings. The van der Waals surface area contributed by atoms with E-state index in [-0.39, 0.29) is 0 Å². The number of aryl methyl sites for hydroxylation is 3. The van der Waals surface area contributed by atoms with Crippen LogP contribution in [-0.2, 0) is 13.1 Å². The van der Waals surface area contributed by atoms with Crippen LogP contribution in [0.3, 0.4) is 0 Å². The molecule has 0 saturated carbocycles. The minimum absolute atomic E-state index is 0.612. The summed E-state index contributed by atoms with van der Waals surface area (Å²) in [4.78, 5) is 0. The first kappa shape index (κ1) is 10.2. The number of benzene rings is 1. The summed E-state index contributed by atoms with van der Waals surface area (Å²) < 4.78 is 2.30. The highest BCUT2D eigenvalue weighted by atomic mass is 15.0. The zero-order valence-electron chi connectivity index (χ0n) is 9.67. The Morgan fingerprint density at radius 1 is 1.20 bits per heavy atom. The Kier molecular flexibility index (Phi) is 2.53. The Balaban J connectivity index is 2.82. The maximum atomic E-state index is 5.76. The lowest BCUT2D eigenvalue weighted by Crippen LogP contribution is -2.05. The minimum atomic E-state index is 0.612.